The van der Waals surface area contributed by atoms with Crippen molar-refractivity contribution in [3.8, 4) is 17.3 Å². The molecule has 2 heterocycles. The van der Waals surface area contributed by atoms with Gasteiger partial charge in [-0.3, -0.25) is 4.79 Å². The molecule has 3 aromatic rings. The molecule has 140 valence electrons. The van der Waals surface area contributed by atoms with Crippen LogP contribution in [-0.4, -0.2) is 38.5 Å². The van der Waals surface area contributed by atoms with Gasteiger partial charge in [0.2, 0.25) is 11.8 Å². The minimum atomic E-state index is -0.148. The van der Waals surface area contributed by atoms with Crippen LogP contribution in [0.4, 0.5) is 5.69 Å². The molecule has 2 aromatic heterocycles. The average molecular weight is 404 g/mol. The number of nitrogens with zero attached hydrogens (tertiary/aromatic N) is 4. The molecule has 0 aliphatic rings. The first-order chi connectivity index (χ1) is 13.1. The third-order valence-corrected chi connectivity index (χ3v) is 4.92. The van der Waals surface area contributed by atoms with E-state index < -0.39 is 0 Å². The normalized spacial score (nSPS) is 10.6. The van der Waals surface area contributed by atoms with Gasteiger partial charge in [0.25, 0.3) is 0 Å². The zero-order valence-corrected chi connectivity index (χ0v) is 16.4. The molecule has 0 bridgehead atoms. The van der Waals surface area contributed by atoms with Gasteiger partial charge in [-0.2, -0.15) is 0 Å². The van der Waals surface area contributed by atoms with Gasteiger partial charge < -0.3 is 14.6 Å². The second kappa shape index (κ2) is 8.88. The highest BCUT2D eigenvalue weighted by atomic mass is 35.5. The fourth-order valence-corrected chi connectivity index (χ4v) is 3.32. The van der Waals surface area contributed by atoms with Gasteiger partial charge in [0.05, 0.1) is 24.7 Å². The summed E-state index contributed by atoms with van der Waals surface area (Å²) in [5, 5.41) is 12.6. The van der Waals surface area contributed by atoms with Crippen LogP contribution in [0.2, 0.25) is 5.02 Å². The van der Waals surface area contributed by atoms with Crippen LogP contribution in [0.1, 0.15) is 6.92 Å². The van der Waals surface area contributed by atoms with E-state index in [2.05, 4.69) is 20.5 Å². The zero-order valence-electron chi connectivity index (χ0n) is 14.8. The molecule has 3 rings (SSSR count). The Morgan fingerprint density at radius 2 is 2.00 bits per heavy atom. The summed E-state index contributed by atoms with van der Waals surface area (Å²) in [5.74, 6) is 1.31. The van der Waals surface area contributed by atoms with Crippen LogP contribution >= 0.6 is 23.4 Å². The molecule has 0 aliphatic carbocycles. The van der Waals surface area contributed by atoms with Crippen LogP contribution in [0.25, 0.3) is 11.4 Å². The Morgan fingerprint density at radius 1 is 1.22 bits per heavy atom. The smallest absolute Gasteiger partial charge is 0.234 e. The summed E-state index contributed by atoms with van der Waals surface area (Å²) in [6, 6.07) is 10.9. The number of aromatic nitrogens is 4. The van der Waals surface area contributed by atoms with E-state index in [4.69, 9.17) is 16.3 Å². The molecular weight excluding hydrogens is 386 g/mol. The highest BCUT2D eigenvalue weighted by Gasteiger charge is 2.14. The second-order valence-corrected chi connectivity index (χ2v) is 6.86. The Bertz CT molecular complexity index is 913. The lowest BCUT2D eigenvalue weighted by atomic mass is 10.2. The number of carbonyl (C=O) groups excluding carboxylic acids is 1. The number of hydrogen-bond acceptors (Lipinski definition) is 6. The largest absolute Gasteiger partial charge is 0.481 e. The van der Waals surface area contributed by atoms with Gasteiger partial charge in [-0.25, -0.2) is 4.98 Å². The van der Waals surface area contributed by atoms with Gasteiger partial charge in [-0.1, -0.05) is 23.4 Å². The van der Waals surface area contributed by atoms with Gasteiger partial charge in [0.15, 0.2) is 11.0 Å². The monoisotopic (exact) mass is 403 g/mol. The molecule has 0 saturated heterocycles. The molecule has 0 unspecified atom stereocenters. The molecule has 0 saturated carbocycles. The number of methoxy groups -OCH3 is 1. The van der Waals surface area contributed by atoms with Crippen molar-refractivity contribution in [3.63, 3.8) is 0 Å². The molecule has 0 radical (unpaired) electrons. The van der Waals surface area contributed by atoms with Crippen LogP contribution < -0.4 is 10.1 Å². The maximum Gasteiger partial charge on any atom is 0.234 e. The van der Waals surface area contributed by atoms with Crippen LogP contribution in [0, 0.1) is 0 Å². The maximum atomic E-state index is 12.2. The lowest BCUT2D eigenvalue weighted by Gasteiger charge is -2.08. The molecule has 0 fully saturated rings. The topological polar surface area (TPSA) is 81.9 Å². The van der Waals surface area contributed by atoms with E-state index in [0.29, 0.717) is 28.3 Å². The predicted molar refractivity (Wildman–Crippen MR) is 106 cm³/mol. The number of hydrogen-bond donors (Lipinski definition) is 1. The summed E-state index contributed by atoms with van der Waals surface area (Å²) in [6.07, 6.45) is 1.55. The molecular formula is C18H18ClN5O2S. The molecule has 9 heteroatoms. The third-order valence-electron chi connectivity index (χ3n) is 3.70. The van der Waals surface area contributed by atoms with Crippen LogP contribution in [0.15, 0.2) is 47.8 Å². The van der Waals surface area contributed by atoms with Gasteiger partial charge >= 0.3 is 0 Å². The van der Waals surface area contributed by atoms with Gasteiger partial charge in [-0.15, -0.1) is 10.2 Å². The van der Waals surface area contributed by atoms with Crippen molar-refractivity contribution < 1.29 is 9.53 Å². The number of nitrogens with one attached hydrogen (secondary N) is 1. The Hall–Kier alpha value is -2.58. The van der Waals surface area contributed by atoms with E-state index in [1.54, 1.807) is 25.4 Å². The molecule has 0 atom stereocenters. The van der Waals surface area contributed by atoms with E-state index in [9.17, 15) is 4.79 Å². The van der Waals surface area contributed by atoms with Gasteiger partial charge in [0, 0.05) is 23.2 Å². The third kappa shape index (κ3) is 4.78. The predicted octanol–water partition coefficient (Wildman–Crippen LogP) is 3.75. The lowest BCUT2D eigenvalue weighted by molar-refractivity contribution is -0.113. The Balaban J connectivity index is 1.65. The highest BCUT2D eigenvalue weighted by molar-refractivity contribution is 7.99. The standard InChI is InChI=1S/C18H18ClN5O2S/c1-3-24-17(12-4-6-13(19)7-5-12)22-23-18(24)27-11-15(25)21-14-8-9-16(26-2)20-10-14/h4-10H,3,11H2,1-2H3,(H,21,25). The Morgan fingerprint density at radius 3 is 2.63 bits per heavy atom. The molecule has 1 aromatic carbocycles. The summed E-state index contributed by atoms with van der Waals surface area (Å²) in [5.41, 5.74) is 1.54. The SMILES string of the molecule is CCn1c(SCC(=O)Nc2ccc(OC)nc2)nnc1-c1ccc(Cl)cc1. The minimum absolute atomic E-state index is 0.148. The lowest BCUT2D eigenvalue weighted by Crippen LogP contribution is -2.14. The van der Waals surface area contributed by atoms with Crippen molar-refractivity contribution in [3.05, 3.63) is 47.6 Å². The zero-order chi connectivity index (χ0) is 19.2. The number of anilines is 1. The fourth-order valence-electron chi connectivity index (χ4n) is 2.40. The van der Waals surface area contributed by atoms with Crippen LogP contribution in [-0.2, 0) is 11.3 Å². The minimum Gasteiger partial charge on any atom is -0.481 e. The van der Waals surface area contributed by atoms with Crippen molar-refractivity contribution in [1.82, 2.24) is 19.7 Å². The first kappa shape index (κ1) is 19.2. The summed E-state index contributed by atoms with van der Waals surface area (Å²) in [6.45, 7) is 2.70. The number of benzene rings is 1. The summed E-state index contributed by atoms with van der Waals surface area (Å²) < 4.78 is 6.97. The first-order valence-corrected chi connectivity index (χ1v) is 9.59. The number of amides is 1. The van der Waals surface area contributed by atoms with Crippen LogP contribution in [0.5, 0.6) is 5.88 Å². The Labute approximate surface area is 166 Å². The van der Waals surface area contributed by atoms with Crippen molar-refractivity contribution in [2.75, 3.05) is 18.2 Å². The summed E-state index contributed by atoms with van der Waals surface area (Å²) in [7, 11) is 1.54. The number of halogens is 1. The van der Waals surface area contributed by atoms with E-state index in [1.165, 1.54) is 11.8 Å². The Kier molecular flexibility index (Phi) is 6.31. The average Bonchev–Trinajstić information content (AvgIpc) is 3.10. The van der Waals surface area contributed by atoms with E-state index in [1.807, 2.05) is 35.8 Å². The maximum absolute atomic E-state index is 12.2. The number of ether oxygens (including phenoxy) is 1. The number of pyridine rings is 1. The van der Waals surface area contributed by atoms with Crippen LogP contribution in [0.3, 0.4) is 0 Å². The van der Waals surface area contributed by atoms with E-state index >= 15 is 0 Å². The number of carbonyl (C=O) groups is 1. The van der Waals surface area contributed by atoms with Crippen molar-refractivity contribution >= 4 is 35.0 Å². The first-order valence-electron chi connectivity index (χ1n) is 8.22. The molecule has 1 amide bonds. The molecule has 0 aliphatic heterocycles. The molecule has 27 heavy (non-hydrogen) atoms. The second-order valence-electron chi connectivity index (χ2n) is 5.48. The summed E-state index contributed by atoms with van der Waals surface area (Å²) >= 11 is 7.27. The number of rotatable bonds is 7. The van der Waals surface area contributed by atoms with Crippen molar-refractivity contribution in [2.45, 2.75) is 18.6 Å². The highest BCUT2D eigenvalue weighted by Crippen LogP contribution is 2.25. The van der Waals surface area contributed by atoms with E-state index in [-0.39, 0.29) is 11.7 Å². The molecule has 7 nitrogen and oxygen atoms in total. The van der Waals surface area contributed by atoms with Crippen molar-refractivity contribution in [2.24, 2.45) is 0 Å². The quantitative estimate of drug-likeness (QED) is 0.605. The van der Waals surface area contributed by atoms with Crippen molar-refractivity contribution in [1.29, 1.82) is 0 Å². The molecule has 1 N–H and O–H groups in total. The summed E-state index contributed by atoms with van der Waals surface area (Å²) in [4.78, 5) is 16.3. The molecule has 0 spiro atoms. The van der Waals surface area contributed by atoms with Gasteiger partial charge in [-0.05, 0) is 37.3 Å². The van der Waals surface area contributed by atoms with Gasteiger partial charge in [0.1, 0.15) is 0 Å². The fraction of sp³-hybridized carbons (Fsp3) is 0.222. The number of thioether (sulfide) groups is 1. The van der Waals surface area contributed by atoms with E-state index in [0.717, 1.165) is 11.4 Å².